The Hall–Kier alpha value is -2.40. The van der Waals surface area contributed by atoms with Crippen molar-refractivity contribution in [1.82, 2.24) is 4.98 Å². The van der Waals surface area contributed by atoms with Gasteiger partial charge in [0.05, 0.1) is 12.5 Å². The van der Waals surface area contributed by atoms with Crippen LogP contribution in [-0.4, -0.2) is 18.0 Å². The Morgan fingerprint density at radius 2 is 1.88 bits per heavy atom. The molecule has 1 aliphatic carbocycles. The summed E-state index contributed by atoms with van der Waals surface area (Å²) in [5.74, 6) is 1.35. The minimum Gasteiger partial charge on any atom is -0.497 e. The number of hydrogen-bond acceptors (Lipinski definition) is 3. The Morgan fingerprint density at radius 1 is 1.16 bits per heavy atom. The number of hydrogen-bond donors (Lipinski definition) is 1. The fourth-order valence-electron chi connectivity index (χ4n) is 3.14. The van der Waals surface area contributed by atoms with Crippen molar-refractivity contribution in [3.63, 3.8) is 0 Å². The highest BCUT2D eigenvalue weighted by Gasteiger charge is 2.51. The Labute approximate surface area is 154 Å². The summed E-state index contributed by atoms with van der Waals surface area (Å²) in [6.45, 7) is 0. The monoisotopic (exact) mass is 396 g/mol. The maximum Gasteiger partial charge on any atom is 0.236 e. The van der Waals surface area contributed by atoms with Gasteiger partial charge in [0.1, 0.15) is 16.2 Å². The Balaban J connectivity index is 1.61. The third kappa shape index (κ3) is 2.89. The van der Waals surface area contributed by atoms with Crippen LogP contribution >= 0.6 is 15.9 Å². The molecule has 1 aromatic heterocycles. The van der Waals surface area contributed by atoms with E-state index in [9.17, 15) is 4.79 Å². The summed E-state index contributed by atoms with van der Waals surface area (Å²) in [4.78, 5) is 17.4. The van der Waals surface area contributed by atoms with Crippen LogP contribution in [0.3, 0.4) is 0 Å². The number of methoxy groups -OCH3 is 1. The highest BCUT2D eigenvalue weighted by molar-refractivity contribution is 9.10. The van der Waals surface area contributed by atoms with Gasteiger partial charge in [0, 0.05) is 5.39 Å². The van der Waals surface area contributed by atoms with Crippen molar-refractivity contribution in [2.75, 3.05) is 12.4 Å². The molecule has 0 saturated heterocycles. The molecular weight excluding hydrogens is 380 g/mol. The number of rotatable bonds is 4. The highest BCUT2D eigenvalue weighted by Crippen LogP contribution is 2.49. The number of ether oxygens (including phenoxy) is 1. The third-order valence-corrected chi connectivity index (χ3v) is 5.37. The normalized spacial score (nSPS) is 15.0. The van der Waals surface area contributed by atoms with Gasteiger partial charge in [0.15, 0.2) is 0 Å². The SMILES string of the molecule is COc1ccc(C2(C(=O)Nc3cc4ccccc4c(Br)n3)CC2)cc1. The maximum absolute atomic E-state index is 12.9. The number of anilines is 1. The summed E-state index contributed by atoms with van der Waals surface area (Å²) in [7, 11) is 1.64. The molecule has 1 fully saturated rings. The number of halogens is 1. The molecular formula is C20H17BrN2O2. The van der Waals surface area contributed by atoms with E-state index in [1.54, 1.807) is 7.11 Å². The molecule has 0 atom stereocenters. The molecule has 3 aromatic rings. The second kappa shape index (κ2) is 6.15. The first-order valence-corrected chi connectivity index (χ1v) is 8.93. The van der Waals surface area contributed by atoms with E-state index < -0.39 is 5.41 Å². The van der Waals surface area contributed by atoms with Crippen molar-refractivity contribution in [2.45, 2.75) is 18.3 Å². The lowest BCUT2D eigenvalue weighted by atomic mass is 9.95. The lowest BCUT2D eigenvalue weighted by molar-refractivity contribution is -0.118. The summed E-state index contributed by atoms with van der Waals surface area (Å²) >= 11 is 3.49. The number of pyridine rings is 1. The summed E-state index contributed by atoms with van der Waals surface area (Å²) in [5.41, 5.74) is 0.567. The number of nitrogens with zero attached hydrogens (tertiary/aromatic N) is 1. The number of nitrogens with one attached hydrogen (secondary N) is 1. The average Bonchev–Trinajstić information content (AvgIpc) is 3.44. The molecule has 1 heterocycles. The maximum atomic E-state index is 12.9. The largest absolute Gasteiger partial charge is 0.497 e. The van der Waals surface area contributed by atoms with Crippen molar-refractivity contribution in [2.24, 2.45) is 0 Å². The molecule has 0 bridgehead atoms. The van der Waals surface area contributed by atoms with E-state index in [1.165, 1.54) is 0 Å². The molecule has 0 aliphatic heterocycles. The predicted molar refractivity (Wildman–Crippen MR) is 102 cm³/mol. The van der Waals surface area contributed by atoms with Gasteiger partial charge >= 0.3 is 0 Å². The van der Waals surface area contributed by atoms with Crippen LogP contribution in [0.2, 0.25) is 0 Å². The molecule has 4 rings (SSSR count). The van der Waals surface area contributed by atoms with Gasteiger partial charge in [-0.25, -0.2) is 4.98 Å². The van der Waals surface area contributed by atoms with Crippen LogP contribution in [0.15, 0.2) is 59.2 Å². The quantitative estimate of drug-likeness (QED) is 0.651. The lowest BCUT2D eigenvalue weighted by Gasteiger charge is -2.16. The minimum absolute atomic E-state index is 0.00709. The van der Waals surface area contributed by atoms with E-state index in [0.29, 0.717) is 5.82 Å². The summed E-state index contributed by atoms with van der Waals surface area (Å²) < 4.78 is 5.93. The molecule has 4 nitrogen and oxygen atoms in total. The number of fused-ring (bicyclic) bond motifs is 1. The second-order valence-electron chi connectivity index (χ2n) is 6.28. The Bertz CT molecular complexity index is 950. The minimum atomic E-state index is -0.452. The summed E-state index contributed by atoms with van der Waals surface area (Å²) in [6, 6.07) is 17.6. The van der Waals surface area contributed by atoms with Crippen molar-refractivity contribution < 1.29 is 9.53 Å². The molecule has 1 aliphatic rings. The average molecular weight is 397 g/mol. The third-order valence-electron chi connectivity index (χ3n) is 4.76. The van der Waals surface area contributed by atoms with Crippen molar-refractivity contribution in [3.8, 4) is 5.75 Å². The van der Waals surface area contributed by atoms with E-state index in [0.717, 1.165) is 39.5 Å². The van der Waals surface area contributed by atoms with Crippen molar-refractivity contribution in [1.29, 1.82) is 0 Å². The Kier molecular flexibility index (Phi) is 3.96. The molecule has 1 saturated carbocycles. The lowest BCUT2D eigenvalue weighted by Crippen LogP contribution is -2.28. The van der Waals surface area contributed by atoms with Crippen LogP contribution in [0.5, 0.6) is 5.75 Å². The van der Waals surface area contributed by atoms with Crippen molar-refractivity contribution in [3.05, 3.63) is 64.8 Å². The predicted octanol–water partition coefficient (Wildman–Crippen LogP) is 4.68. The van der Waals surface area contributed by atoms with Gasteiger partial charge < -0.3 is 10.1 Å². The number of carbonyl (C=O) groups excluding carboxylic acids is 1. The van der Waals surface area contributed by atoms with Gasteiger partial charge in [-0.2, -0.15) is 0 Å². The topological polar surface area (TPSA) is 51.2 Å². The second-order valence-corrected chi connectivity index (χ2v) is 7.04. The van der Waals surface area contributed by atoms with Gasteiger partial charge in [0.25, 0.3) is 0 Å². The van der Waals surface area contributed by atoms with E-state index in [-0.39, 0.29) is 5.91 Å². The van der Waals surface area contributed by atoms with Gasteiger partial charge in [-0.05, 0) is 57.9 Å². The molecule has 0 radical (unpaired) electrons. The van der Waals surface area contributed by atoms with E-state index in [2.05, 4.69) is 26.2 Å². The molecule has 0 spiro atoms. The standard InChI is InChI=1S/C20H17BrN2O2/c1-25-15-8-6-14(7-9-15)20(10-11-20)19(24)23-17-12-13-4-2-3-5-16(13)18(21)22-17/h2-9,12H,10-11H2,1H3,(H,22,23,24). The number of amides is 1. The van der Waals surface area contributed by atoms with Crippen LogP contribution in [-0.2, 0) is 10.2 Å². The summed E-state index contributed by atoms with van der Waals surface area (Å²) in [6.07, 6.45) is 1.69. The van der Waals surface area contributed by atoms with Gasteiger partial charge in [-0.1, -0.05) is 36.4 Å². The molecule has 25 heavy (non-hydrogen) atoms. The zero-order chi connectivity index (χ0) is 17.4. The highest BCUT2D eigenvalue weighted by atomic mass is 79.9. The van der Waals surface area contributed by atoms with E-state index in [4.69, 9.17) is 4.74 Å². The van der Waals surface area contributed by atoms with E-state index >= 15 is 0 Å². The van der Waals surface area contributed by atoms with Crippen LogP contribution in [0, 0.1) is 0 Å². The van der Waals surface area contributed by atoms with E-state index in [1.807, 2.05) is 54.6 Å². The zero-order valence-electron chi connectivity index (χ0n) is 13.8. The first-order valence-electron chi connectivity index (χ1n) is 8.14. The fourth-order valence-corrected chi connectivity index (χ4v) is 3.69. The Morgan fingerprint density at radius 3 is 2.56 bits per heavy atom. The number of carbonyl (C=O) groups is 1. The number of aromatic nitrogens is 1. The zero-order valence-corrected chi connectivity index (χ0v) is 15.3. The molecule has 126 valence electrons. The fraction of sp³-hybridized carbons (Fsp3) is 0.200. The molecule has 5 heteroatoms. The molecule has 2 aromatic carbocycles. The van der Waals surface area contributed by atoms with Crippen molar-refractivity contribution >= 4 is 38.4 Å². The van der Waals surface area contributed by atoms with Crippen LogP contribution in [0.25, 0.3) is 10.8 Å². The summed E-state index contributed by atoms with van der Waals surface area (Å²) in [5, 5.41) is 5.05. The smallest absolute Gasteiger partial charge is 0.236 e. The van der Waals surface area contributed by atoms with Gasteiger partial charge in [0.2, 0.25) is 5.91 Å². The van der Waals surface area contributed by atoms with Crippen LogP contribution < -0.4 is 10.1 Å². The molecule has 1 amide bonds. The number of benzene rings is 2. The molecule has 1 N–H and O–H groups in total. The van der Waals surface area contributed by atoms with Gasteiger partial charge in [-0.3, -0.25) is 4.79 Å². The van der Waals surface area contributed by atoms with Gasteiger partial charge in [-0.15, -0.1) is 0 Å². The first-order chi connectivity index (χ1) is 12.1. The molecule has 0 unspecified atom stereocenters. The van der Waals surface area contributed by atoms with Crippen LogP contribution in [0.4, 0.5) is 5.82 Å². The first kappa shape index (κ1) is 16.1. The van der Waals surface area contributed by atoms with Crippen LogP contribution in [0.1, 0.15) is 18.4 Å².